The van der Waals surface area contributed by atoms with E-state index < -0.39 is 0 Å². The summed E-state index contributed by atoms with van der Waals surface area (Å²) >= 11 is 1.56. The molecule has 1 fully saturated rings. The molecule has 3 aromatic heterocycles. The highest BCUT2D eigenvalue weighted by molar-refractivity contribution is 7.98. The average Bonchev–Trinajstić information content (AvgIpc) is 3.55. The normalized spacial score (nSPS) is 17.9. The van der Waals surface area contributed by atoms with Crippen LogP contribution in [0, 0.1) is 5.92 Å². The Morgan fingerprint density at radius 3 is 2.69 bits per heavy atom. The van der Waals surface area contributed by atoms with Gasteiger partial charge in [0.15, 0.2) is 22.5 Å². The van der Waals surface area contributed by atoms with E-state index in [4.69, 9.17) is 14.0 Å². The standard InChI is InChI=1S/C25H28N6O3S/c1-16-7-4-5-9-19(16)31-24(18-8-6-12-26-14-18)28-29-25(31)35-15-22-27-23(30-34-22)17-10-11-20(32-2)21(13-17)33-3/h6,8,10-14,16,19H,4-5,7,9,15H2,1-3H3. The van der Waals surface area contributed by atoms with Crippen molar-refractivity contribution in [2.45, 2.75) is 49.6 Å². The SMILES string of the molecule is COc1ccc(-c2noc(CSc3nnc(-c4cccnc4)n3C3CCCCC3C)n2)cc1OC. The van der Waals surface area contributed by atoms with Crippen LogP contribution in [0.2, 0.25) is 0 Å². The second-order valence-electron chi connectivity index (χ2n) is 8.62. The maximum Gasteiger partial charge on any atom is 0.237 e. The van der Waals surface area contributed by atoms with E-state index in [0.29, 0.717) is 40.9 Å². The zero-order valence-electron chi connectivity index (χ0n) is 20.0. The molecule has 1 aromatic carbocycles. The molecule has 1 saturated carbocycles. The van der Waals surface area contributed by atoms with Gasteiger partial charge in [0.1, 0.15) is 0 Å². The van der Waals surface area contributed by atoms with Gasteiger partial charge in [0.2, 0.25) is 11.7 Å². The Hall–Kier alpha value is -3.40. The molecule has 182 valence electrons. The van der Waals surface area contributed by atoms with Gasteiger partial charge in [0.25, 0.3) is 0 Å². The van der Waals surface area contributed by atoms with Crippen LogP contribution in [0.5, 0.6) is 11.5 Å². The smallest absolute Gasteiger partial charge is 0.237 e. The lowest BCUT2D eigenvalue weighted by Crippen LogP contribution is -2.22. The third-order valence-corrected chi connectivity index (χ3v) is 7.34. The molecule has 0 saturated heterocycles. The molecule has 2 atom stereocenters. The molecule has 10 heteroatoms. The molecule has 9 nitrogen and oxygen atoms in total. The molecule has 0 aliphatic heterocycles. The average molecular weight is 493 g/mol. The van der Waals surface area contributed by atoms with Crippen molar-refractivity contribution in [2.75, 3.05) is 14.2 Å². The third kappa shape index (κ3) is 4.88. The van der Waals surface area contributed by atoms with Crippen molar-refractivity contribution >= 4 is 11.8 Å². The summed E-state index contributed by atoms with van der Waals surface area (Å²) in [5, 5.41) is 14.1. The van der Waals surface area contributed by atoms with Gasteiger partial charge in [-0.15, -0.1) is 10.2 Å². The van der Waals surface area contributed by atoms with Crippen molar-refractivity contribution in [1.82, 2.24) is 29.9 Å². The maximum absolute atomic E-state index is 5.55. The first-order chi connectivity index (χ1) is 17.2. The number of ether oxygens (including phenoxy) is 2. The van der Waals surface area contributed by atoms with Crippen LogP contribution in [-0.4, -0.2) is 44.1 Å². The Labute approximate surface area is 208 Å². The first-order valence-electron chi connectivity index (χ1n) is 11.7. The van der Waals surface area contributed by atoms with Crippen LogP contribution < -0.4 is 9.47 Å². The Morgan fingerprint density at radius 2 is 1.91 bits per heavy atom. The van der Waals surface area contributed by atoms with E-state index in [2.05, 4.69) is 36.8 Å². The van der Waals surface area contributed by atoms with Crippen molar-refractivity contribution in [3.8, 4) is 34.3 Å². The topological polar surface area (TPSA) is 101 Å². The quantitative estimate of drug-likeness (QED) is 0.297. The van der Waals surface area contributed by atoms with Gasteiger partial charge < -0.3 is 14.0 Å². The van der Waals surface area contributed by atoms with Crippen LogP contribution in [0.1, 0.15) is 44.5 Å². The van der Waals surface area contributed by atoms with Crippen LogP contribution in [0.4, 0.5) is 0 Å². The number of methoxy groups -OCH3 is 2. The Morgan fingerprint density at radius 1 is 1.06 bits per heavy atom. The molecule has 5 rings (SSSR count). The van der Waals surface area contributed by atoms with E-state index in [-0.39, 0.29) is 0 Å². The van der Waals surface area contributed by atoms with Crippen molar-refractivity contribution in [3.05, 3.63) is 48.6 Å². The maximum atomic E-state index is 5.55. The summed E-state index contributed by atoms with van der Waals surface area (Å²) in [5.41, 5.74) is 1.76. The van der Waals surface area contributed by atoms with Gasteiger partial charge in [-0.2, -0.15) is 4.98 Å². The van der Waals surface area contributed by atoms with Crippen molar-refractivity contribution in [1.29, 1.82) is 0 Å². The monoisotopic (exact) mass is 492 g/mol. The number of hydrogen-bond donors (Lipinski definition) is 0. The fraction of sp³-hybridized carbons (Fsp3) is 0.400. The third-order valence-electron chi connectivity index (χ3n) is 6.42. The van der Waals surface area contributed by atoms with E-state index in [1.54, 1.807) is 32.2 Å². The minimum absolute atomic E-state index is 0.349. The van der Waals surface area contributed by atoms with Gasteiger partial charge in [-0.1, -0.05) is 36.7 Å². The number of hydrogen-bond acceptors (Lipinski definition) is 9. The number of aromatic nitrogens is 6. The molecular weight excluding hydrogens is 464 g/mol. The lowest BCUT2D eigenvalue weighted by Gasteiger charge is -2.31. The molecule has 0 spiro atoms. The number of thioether (sulfide) groups is 1. The van der Waals surface area contributed by atoms with Crippen LogP contribution in [0.15, 0.2) is 52.4 Å². The molecular formula is C25H28N6O3S. The lowest BCUT2D eigenvalue weighted by molar-refractivity contribution is 0.247. The first-order valence-corrected chi connectivity index (χ1v) is 12.7. The number of rotatable bonds is 8. The van der Waals surface area contributed by atoms with Crippen molar-refractivity contribution in [3.63, 3.8) is 0 Å². The molecule has 2 unspecified atom stereocenters. The largest absolute Gasteiger partial charge is 0.493 e. The van der Waals surface area contributed by atoms with E-state index in [1.165, 1.54) is 19.3 Å². The van der Waals surface area contributed by atoms with Gasteiger partial charge in [-0.05, 0) is 49.1 Å². The number of nitrogens with zero attached hydrogens (tertiary/aromatic N) is 6. The zero-order chi connectivity index (χ0) is 24.2. The molecule has 0 N–H and O–H groups in total. The van der Waals surface area contributed by atoms with E-state index in [9.17, 15) is 0 Å². The van der Waals surface area contributed by atoms with Gasteiger partial charge in [0.05, 0.1) is 20.0 Å². The molecule has 3 heterocycles. The number of pyridine rings is 1. The van der Waals surface area contributed by atoms with Crippen LogP contribution >= 0.6 is 11.8 Å². The highest BCUT2D eigenvalue weighted by Crippen LogP contribution is 2.39. The van der Waals surface area contributed by atoms with Gasteiger partial charge in [0, 0.05) is 29.6 Å². The molecule has 0 amide bonds. The van der Waals surface area contributed by atoms with Crippen LogP contribution in [0.25, 0.3) is 22.8 Å². The van der Waals surface area contributed by atoms with E-state index in [0.717, 1.165) is 28.5 Å². The second kappa shape index (κ2) is 10.5. The van der Waals surface area contributed by atoms with Crippen LogP contribution in [-0.2, 0) is 5.75 Å². The van der Waals surface area contributed by atoms with E-state index >= 15 is 0 Å². The van der Waals surface area contributed by atoms with Gasteiger partial charge >= 0.3 is 0 Å². The molecule has 4 aromatic rings. The summed E-state index contributed by atoms with van der Waals surface area (Å²) in [7, 11) is 3.21. The molecule has 1 aliphatic rings. The second-order valence-corrected chi connectivity index (χ2v) is 9.56. The summed E-state index contributed by atoms with van der Waals surface area (Å²) in [5.74, 6) is 4.19. The minimum Gasteiger partial charge on any atom is -0.493 e. The molecule has 35 heavy (non-hydrogen) atoms. The lowest BCUT2D eigenvalue weighted by atomic mass is 9.85. The Kier molecular flexibility index (Phi) is 6.98. The summed E-state index contributed by atoms with van der Waals surface area (Å²) in [6.07, 6.45) is 8.42. The number of benzene rings is 1. The fourth-order valence-electron chi connectivity index (χ4n) is 4.58. The van der Waals surface area contributed by atoms with Gasteiger partial charge in [-0.3, -0.25) is 9.55 Å². The predicted octanol–water partition coefficient (Wildman–Crippen LogP) is 5.45. The van der Waals surface area contributed by atoms with Crippen LogP contribution in [0.3, 0.4) is 0 Å². The highest BCUT2D eigenvalue weighted by Gasteiger charge is 2.29. The Bertz CT molecular complexity index is 1280. The van der Waals surface area contributed by atoms with E-state index in [1.807, 2.05) is 36.5 Å². The molecule has 0 radical (unpaired) electrons. The summed E-state index contributed by atoms with van der Waals surface area (Å²) in [4.78, 5) is 8.87. The van der Waals surface area contributed by atoms with Crippen molar-refractivity contribution in [2.24, 2.45) is 5.92 Å². The summed E-state index contributed by atoms with van der Waals surface area (Å²) in [6.45, 7) is 2.32. The zero-order valence-corrected chi connectivity index (χ0v) is 20.9. The molecule has 1 aliphatic carbocycles. The fourth-order valence-corrected chi connectivity index (χ4v) is 5.41. The van der Waals surface area contributed by atoms with Gasteiger partial charge in [-0.25, -0.2) is 0 Å². The van der Waals surface area contributed by atoms with Crippen molar-refractivity contribution < 1.29 is 14.0 Å². The minimum atomic E-state index is 0.349. The molecule has 0 bridgehead atoms. The first kappa shape index (κ1) is 23.3. The Balaban J connectivity index is 1.39. The predicted molar refractivity (Wildman–Crippen MR) is 132 cm³/mol. The summed E-state index contributed by atoms with van der Waals surface area (Å²) in [6, 6.07) is 9.85. The highest BCUT2D eigenvalue weighted by atomic mass is 32.2. The summed E-state index contributed by atoms with van der Waals surface area (Å²) < 4.78 is 18.5.